The summed E-state index contributed by atoms with van der Waals surface area (Å²) in [6.45, 7) is 0.727. The van der Waals surface area contributed by atoms with E-state index in [9.17, 15) is 4.79 Å². The maximum Gasteiger partial charge on any atom is 0.139 e. The monoisotopic (exact) mass is 544 g/mol. The summed E-state index contributed by atoms with van der Waals surface area (Å²) in [5.41, 5.74) is 3.59. The molecule has 0 saturated carbocycles. The van der Waals surface area contributed by atoms with E-state index in [-0.39, 0.29) is 6.54 Å². The highest BCUT2D eigenvalue weighted by atomic mass is 35.5. The van der Waals surface area contributed by atoms with Gasteiger partial charge in [0.1, 0.15) is 24.5 Å². The van der Waals surface area contributed by atoms with Crippen LogP contribution < -0.4 is 4.74 Å². The van der Waals surface area contributed by atoms with Gasteiger partial charge in [0.25, 0.3) is 0 Å². The lowest BCUT2D eigenvalue weighted by Crippen LogP contribution is -1.99. The zero-order valence-electron chi connectivity index (χ0n) is 20.7. The first-order chi connectivity index (χ1) is 18.6. The van der Waals surface area contributed by atoms with Gasteiger partial charge in [-0.25, -0.2) is 4.98 Å². The minimum absolute atomic E-state index is 0.196. The van der Waals surface area contributed by atoms with Crippen LogP contribution in [0.15, 0.2) is 91.1 Å². The second kappa shape index (κ2) is 13.1. The lowest BCUT2D eigenvalue weighted by molar-refractivity contribution is -0.108. The van der Waals surface area contributed by atoms with Gasteiger partial charge in [0.05, 0.1) is 17.3 Å². The van der Waals surface area contributed by atoms with Crippen LogP contribution in [0.4, 0.5) is 0 Å². The zero-order chi connectivity index (χ0) is 26.9. The summed E-state index contributed by atoms with van der Waals surface area (Å²) in [7, 11) is 1.00. The molecule has 0 saturated heterocycles. The van der Waals surface area contributed by atoms with E-state index in [0.29, 0.717) is 28.2 Å². The Morgan fingerprint density at radius 2 is 1.66 bits per heavy atom. The van der Waals surface area contributed by atoms with Crippen molar-refractivity contribution >= 4 is 52.4 Å². The van der Waals surface area contributed by atoms with Crippen molar-refractivity contribution in [3.8, 4) is 17.0 Å². The quantitative estimate of drug-likeness (QED) is 0.204. The fourth-order valence-electron chi connectivity index (χ4n) is 3.96. The van der Waals surface area contributed by atoms with Crippen LogP contribution in [0.5, 0.6) is 5.75 Å². The van der Waals surface area contributed by atoms with E-state index < -0.39 is 0 Å². The Morgan fingerprint density at radius 1 is 0.895 bits per heavy atom. The van der Waals surface area contributed by atoms with Crippen LogP contribution in [0.25, 0.3) is 34.2 Å². The topological polar surface area (TPSA) is 64.3 Å². The Labute approximate surface area is 231 Å². The van der Waals surface area contributed by atoms with Crippen LogP contribution in [-0.4, -0.2) is 28.1 Å². The average molecular weight is 545 g/mol. The number of hydrogen-bond acceptors (Lipinski definition) is 4. The van der Waals surface area contributed by atoms with Crippen molar-refractivity contribution in [1.29, 1.82) is 0 Å². The Bertz CT molecular complexity index is 1560. The molecule has 0 radical (unpaired) electrons. The number of ether oxygens (including phenoxy) is 1. The Hall–Kier alpha value is -3.90. The number of carbonyl (C=O) groups is 1. The fraction of sp³-hybridized carbons (Fsp3) is 0.0968. The van der Waals surface area contributed by atoms with Crippen molar-refractivity contribution in [2.24, 2.45) is 0 Å². The number of aldehydes is 1. The van der Waals surface area contributed by atoms with Gasteiger partial charge >= 0.3 is 0 Å². The molecule has 1 aromatic heterocycles. The molecule has 0 bridgehead atoms. The molecule has 4 aromatic carbocycles. The summed E-state index contributed by atoms with van der Waals surface area (Å²) in [6.07, 6.45) is 6.55. The number of aliphatic hydroxyl groups is 1. The lowest BCUT2D eigenvalue weighted by atomic mass is 10.1. The molecule has 1 N–H and O–H groups in total. The number of carbonyl (C=O) groups excluding carboxylic acids is 1. The minimum Gasteiger partial charge on any atom is -0.489 e. The summed E-state index contributed by atoms with van der Waals surface area (Å²) >= 11 is 12.4. The summed E-state index contributed by atoms with van der Waals surface area (Å²) in [6, 6.07) is 27.7. The summed E-state index contributed by atoms with van der Waals surface area (Å²) in [5, 5.41) is 10.3. The van der Waals surface area contributed by atoms with Crippen molar-refractivity contribution in [1.82, 2.24) is 9.55 Å². The molecule has 0 fully saturated rings. The van der Waals surface area contributed by atoms with Gasteiger partial charge < -0.3 is 19.2 Å². The van der Waals surface area contributed by atoms with E-state index in [1.165, 1.54) is 0 Å². The number of fused-ring (bicyclic) bond motifs is 1. The molecule has 0 aliphatic rings. The first-order valence-corrected chi connectivity index (χ1v) is 12.6. The standard InChI is InChI=1S/C30H22Cl2N2O2.CH4O/c31-25-10-12-27(28(32)18-25)29-19-34(14-15-35)30(33-29)13-7-21-6-8-24-17-26(11-9-23(24)16-21)36-20-22-4-2-1-3-5-22;1-2/h1-13,15-19H,14,20H2;2H,1H3/b13-7+;. The number of aromatic nitrogens is 2. The summed E-state index contributed by atoms with van der Waals surface area (Å²) in [4.78, 5) is 15.9. The Balaban J connectivity index is 0.00000164. The van der Waals surface area contributed by atoms with Gasteiger partial charge in [-0.1, -0.05) is 77.8 Å². The third-order valence-electron chi connectivity index (χ3n) is 5.79. The maximum absolute atomic E-state index is 11.2. The molecule has 0 aliphatic heterocycles. The van der Waals surface area contributed by atoms with Crippen LogP contribution in [0.2, 0.25) is 10.0 Å². The van der Waals surface area contributed by atoms with Crippen molar-refractivity contribution in [2.75, 3.05) is 7.11 Å². The van der Waals surface area contributed by atoms with Crippen LogP contribution in [0.3, 0.4) is 0 Å². The van der Waals surface area contributed by atoms with Gasteiger partial charge in [-0.05, 0) is 64.4 Å². The second-order valence-electron chi connectivity index (χ2n) is 8.30. The van der Waals surface area contributed by atoms with Crippen LogP contribution in [0.1, 0.15) is 17.0 Å². The maximum atomic E-state index is 11.2. The number of aliphatic hydroxyl groups excluding tert-OH is 1. The van der Waals surface area contributed by atoms with Crippen LogP contribution in [-0.2, 0) is 17.9 Å². The normalized spacial score (nSPS) is 10.8. The summed E-state index contributed by atoms with van der Waals surface area (Å²) in [5.74, 6) is 1.49. The number of hydrogen-bond donors (Lipinski definition) is 1. The third-order valence-corrected chi connectivity index (χ3v) is 6.34. The first kappa shape index (κ1) is 27.1. The predicted octanol–water partition coefficient (Wildman–Crippen LogP) is 7.57. The molecule has 0 amide bonds. The van der Waals surface area contributed by atoms with Gasteiger partial charge in [-0.3, -0.25) is 0 Å². The van der Waals surface area contributed by atoms with Gasteiger partial charge in [-0.15, -0.1) is 0 Å². The van der Waals surface area contributed by atoms with E-state index in [2.05, 4.69) is 18.2 Å². The Morgan fingerprint density at radius 3 is 2.42 bits per heavy atom. The highest BCUT2D eigenvalue weighted by molar-refractivity contribution is 6.36. The zero-order valence-corrected chi connectivity index (χ0v) is 22.2. The molecular formula is C31H26Cl2N2O3. The lowest BCUT2D eigenvalue weighted by Gasteiger charge is -2.08. The van der Waals surface area contributed by atoms with Gasteiger partial charge in [0.2, 0.25) is 0 Å². The van der Waals surface area contributed by atoms with Crippen molar-refractivity contribution in [3.63, 3.8) is 0 Å². The third kappa shape index (κ3) is 6.69. The van der Waals surface area contributed by atoms with Crippen molar-refractivity contribution < 1.29 is 14.6 Å². The molecule has 5 rings (SSSR count). The highest BCUT2D eigenvalue weighted by Crippen LogP contribution is 2.30. The first-order valence-electron chi connectivity index (χ1n) is 11.9. The van der Waals surface area contributed by atoms with Crippen molar-refractivity contribution in [3.05, 3.63) is 118 Å². The van der Waals surface area contributed by atoms with Gasteiger partial charge in [-0.2, -0.15) is 0 Å². The second-order valence-corrected chi connectivity index (χ2v) is 9.15. The number of benzene rings is 4. The molecule has 0 spiro atoms. The smallest absolute Gasteiger partial charge is 0.139 e. The number of nitrogens with zero attached hydrogens (tertiary/aromatic N) is 2. The molecular weight excluding hydrogens is 519 g/mol. The molecule has 1 heterocycles. The van der Waals surface area contributed by atoms with Crippen LogP contribution in [0, 0.1) is 0 Å². The highest BCUT2D eigenvalue weighted by Gasteiger charge is 2.11. The molecule has 5 nitrogen and oxygen atoms in total. The number of rotatable bonds is 8. The van der Waals surface area contributed by atoms with E-state index in [4.69, 9.17) is 38.0 Å². The fourth-order valence-corrected chi connectivity index (χ4v) is 4.47. The van der Waals surface area contributed by atoms with E-state index in [0.717, 1.165) is 46.6 Å². The van der Waals surface area contributed by atoms with E-state index >= 15 is 0 Å². The molecule has 7 heteroatoms. The van der Waals surface area contributed by atoms with Crippen molar-refractivity contribution in [2.45, 2.75) is 13.2 Å². The SMILES string of the molecule is CO.O=CCn1cc(-c2ccc(Cl)cc2Cl)nc1/C=C/c1ccc2cc(OCc3ccccc3)ccc2c1. The van der Waals surface area contributed by atoms with E-state index in [1.807, 2.05) is 72.9 Å². The summed E-state index contributed by atoms with van der Waals surface area (Å²) < 4.78 is 7.75. The largest absolute Gasteiger partial charge is 0.489 e. The molecule has 0 unspecified atom stereocenters. The molecule has 38 heavy (non-hydrogen) atoms. The Kier molecular flexibility index (Phi) is 9.33. The number of imidazole rings is 1. The van der Waals surface area contributed by atoms with Gasteiger partial charge in [0, 0.05) is 23.9 Å². The van der Waals surface area contributed by atoms with Gasteiger partial charge in [0.15, 0.2) is 0 Å². The van der Waals surface area contributed by atoms with E-state index in [1.54, 1.807) is 16.7 Å². The predicted molar refractivity (Wildman–Crippen MR) is 156 cm³/mol. The van der Waals surface area contributed by atoms with Crippen LogP contribution >= 0.6 is 23.2 Å². The molecule has 0 atom stereocenters. The minimum atomic E-state index is 0.196. The average Bonchev–Trinajstić information content (AvgIpc) is 3.34. The number of halogens is 2. The molecule has 192 valence electrons. The molecule has 0 aliphatic carbocycles. The molecule has 5 aromatic rings.